The minimum atomic E-state index is -0.718. The standard InChI is InChI=1S/C22H16ClNO4/c23-18-12-6-4-10-16(18)20(25)14-28-22(27)17-11-5-7-13-19(17)24-21(26)15-8-2-1-3-9-15/h1-13H,14H2,(H,24,26). The molecule has 0 saturated carbocycles. The fraction of sp³-hybridized carbons (Fsp3) is 0.0455. The maximum absolute atomic E-state index is 12.4. The lowest BCUT2D eigenvalue weighted by Crippen LogP contribution is -2.18. The van der Waals surface area contributed by atoms with Gasteiger partial charge in [-0.05, 0) is 36.4 Å². The van der Waals surface area contributed by atoms with Crippen molar-refractivity contribution in [2.45, 2.75) is 0 Å². The molecular formula is C22H16ClNO4. The average molecular weight is 394 g/mol. The first-order valence-electron chi connectivity index (χ1n) is 8.46. The highest BCUT2D eigenvalue weighted by Crippen LogP contribution is 2.19. The quantitative estimate of drug-likeness (QED) is 0.489. The van der Waals surface area contributed by atoms with Crippen molar-refractivity contribution in [2.24, 2.45) is 0 Å². The predicted octanol–water partition coefficient (Wildman–Crippen LogP) is 4.63. The van der Waals surface area contributed by atoms with Crippen molar-refractivity contribution in [3.05, 3.63) is 101 Å². The van der Waals surface area contributed by atoms with Crippen LogP contribution in [0.3, 0.4) is 0 Å². The number of amides is 1. The van der Waals surface area contributed by atoms with E-state index in [1.54, 1.807) is 72.8 Å². The number of halogens is 1. The van der Waals surface area contributed by atoms with E-state index in [9.17, 15) is 14.4 Å². The number of carbonyl (C=O) groups is 3. The van der Waals surface area contributed by atoms with E-state index in [1.807, 2.05) is 0 Å². The second-order valence-corrected chi connectivity index (χ2v) is 6.25. The smallest absolute Gasteiger partial charge is 0.340 e. The van der Waals surface area contributed by atoms with Crippen LogP contribution in [0.1, 0.15) is 31.1 Å². The Labute approximate surface area is 166 Å². The number of Topliss-reactive ketones (excluding diaryl/α,β-unsaturated/α-hetero) is 1. The van der Waals surface area contributed by atoms with Gasteiger partial charge in [0, 0.05) is 11.1 Å². The van der Waals surface area contributed by atoms with Crippen molar-refractivity contribution in [2.75, 3.05) is 11.9 Å². The van der Waals surface area contributed by atoms with Gasteiger partial charge in [-0.1, -0.05) is 54.1 Å². The van der Waals surface area contributed by atoms with E-state index in [2.05, 4.69) is 5.32 Å². The summed E-state index contributed by atoms with van der Waals surface area (Å²) in [6, 6.07) is 21.6. The molecule has 6 heteroatoms. The Morgan fingerprint density at radius 1 is 0.786 bits per heavy atom. The zero-order valence-corrected chi connectivity index (χ0v) is 15.5. The lowest BCUT2D eigenvalue weighted by Gasteiger charge is -2.11. The van der Waals surface area contributed by atoms with Crippen molar-refractivity contribution in [3.63, 3.8) is 0 Å². The summed E-state index contributed by atoms with van der Waals surface area (Å²) in [6.07, 6.45) is 0. The van der Waals surface area contributed by atoms with Gasteiger partial charge in [0.15, 0.2) is 6.61 Å². The SMILES string of the molecule is O=C(Nc1ccccc1C(=O)OCC(=O)c1ccccc1Cl)c1ccccc1. The summed E-state index contributed by atoms with van der Waals surface area (Å²) >= 11 is 5.98. The van der Waals surface area contributed by atoms with Crippen LogP contribution in [-0.4, -0.2) is 24.3 Å². The second kappa shape index (κ2) is 8.97. The van der Waals surface area contributed by atoms with Gasteiger partial charge in [0.25, 0.3) is 5.91 Å². The number of ketones is 1. The molecule has 0 aliphatic carbocycles. The van der Waals surface area contributed by atoms with Crippen molar-refractivity contribution < 1.29 is 19.1 Å². The molecule has 0 aromatic heterocycles. The van der Waals surface area contributed by atoms with Crippen molar-refractivity contribution >= 4 is 34.9 Å². The normalized spacial score (nSPS) is 10.2. The Balaban J connectivity index is 1.70. The molecule has 28 heavy (non-hydrogen) atoms. The summed E-state index contributed by atoms with van der Waals surface area (Å²) in [6.45, 7) is -0.455. The summed E-state index contributed by atoms with van der Waals surface area (Å²) in [5.74, 6) is -1.48. The summed E-state index contributed by atoms with van der Waals surface area (Å²) < 4.78 is 5.13. The highest BCUT2D eigenvalue weighted by molar-refractivity contribution is 6.34. The number of para-hydroxylation sites is 1. The van der Waals surface area contributed by atoms with Crippen molar-refractivity contribution in [1.29, 1.82) is 0 Å². The number of rotatable bonds is 6. The minimum absolute atomic E-state index is 0.152. The molecule has 0 unspecified atom stereocenters. The molecule has 140 valence electrons. The number of benzene rings is 3. The first kappa shape index (κ1) is 19.3. The lowest BCUT2D eigenvalue weighted by molar-refractivity contribution is 0.0476. The van der Waals surface area contributed by atoms with E-state index in [0.29, 0.717) is 16.3 Å². The van der Waals surface area contributed by atoms with Crippen LogP contribution in [0.2, 0.25) is 5.02 Å². The summed E-state index contributed by atoms with van der Waals surface area (Å²) in [4.78, 5) is 37.0. The molecule has 0 saturated heterocycles. The van der Waals surface area contributed by atoms with Crippen molar-refractivity contribution in [1.82, 2.24) is 0 Å². The van der Waals surface area contributed by atoms with Gasteiger partial charge in [-0.15, -0.1) is 0 Å². The molecule has 0 aliphatic heterocycles. The monoisotopic (exact) mass is 393 g/mol. The fourth-order valence-electron chi connectivity index (χ4n) is 2.53. The van der Waals surface area contributed by atoms with E-state index in [1.165, 1.54) is 6.07 Å². The second-order valence-electron chi connectivity index (χ2n) is 5.84. The molecule has 1 amide bonds. The molecular weight excluding hydrogens is 378 g/mol. The molecule has 3 aromatic carbocycles. The van der Waals surface area contributed by atoms with Crippen molar-refractivity contribution in [3.8, 4) is 0 Å². The Morgan fingerprint density at radius 3 is 2.11 bits per heavy atom. The van der Waals surface area contributed by atoms with Crippen LogP contribution in [0.4, 0.5) is 5.69 Å². The van der Waals surface area contributed by atoms with Crippen LogP contribution < -0.4 is 5.32 Å². The maximum Gasteiger partial charge on any atom is 0.340 e. The zero-order valence-electron chi connectivity index (χ0n) is 14.7. The van der Waals surface area contributed by atoms with Gasteiger partial charge in [0.2, 0.25) is 5.78 Å². The largest absolute Gasteiger partial charge is 0.454 e. The number of anilines is 1. The predicted molar refractivity (Wildman–Crippen MR) is 107 cm³/mol. The molecule has 3 rings (SSSR count). The highest BCUT2D eigenvalue weighted by Gasteiger charge is 2.17. The number of ether oxygens (including phenoxy) is 1. The van der Waals surface area contributed by atoms with E-state index in [-0.39, 0.29) is 17.0 Å². The third-order valence-electron chi connectivity index (χ3n) is 3.94. The Kier molecular flexibility index (Phi) is 6.19. The topological polar surface area (TPSA) is 72.5 Å². The van der Waals surface area contributed by atoms with E-state index >= 15 is 0 Å². The summed E-state index contributed by atoms with van der Waals surface area (Å²) in [5.41, 5.74) is 1.19. The lowest BCUT2D eigenvalue weighted by atomic mass is 10.1. The summed E-state index contributed by atoms with van der Waals surface area (Å²) in [5, 5.41) is 2.98. The van der Waals surface area contributed by atoms with Crippen LogP contribution in [0.15, 0.2) is 78.9 Å². The Bertz CT molecular complexity index is 1020. The van der Waals surface area contributed by atoms with Crippen LogP contribution in [0.25, 0.3) is 0 Å². The number of esters is 1. The van der Waals surface area contributed by atoms with Crippen LogP contribution in [0.5, 0.6) is 0 Å². The molecule has 0 atom stereocenters. The maximum atomic E-state index is 12.4. The summed E-state index contributed by atoms with van der Waals surface area (Å²) in [7, 11) is 0. The molecule has 0 radical (unpaired) electrons. The average Bonchev–Trinajstić information content (AvgIpc) is 2.73. The van der Waals surface area contributed by atoms with E-state index in [4.69, 9.17) is 16.3 Å². The van der Waals surface area contributed by atoms with Gasteiger partial charge in [-0.25, -0.2) is 4.79 Å². The molecule has 0 fully saturated rings. The Morgan fingerprint density at radius 2 is 1.39 bits per heavy atom. The van der Waals surface area contributed by atoms with Gasteiger partial charge in [0.05, 0.1) is 16.3 Å². The minimum Gasteiger partial charge on any atom is -0.454 e. The number of nitrogens with one attached hydrogen (secondary N) is 1. The molecule has 0 bridgehead atoms. The van der Waals surface area contributed by atoms with Gasteiger partial charge in [-0.3, -0.25) is 9.59 Å². The van der Waals surface area contributed by atoms with Crippen LogP contribution >= 0.6 is 11.6 Å². The van der Waals surface area contributed by atoms with E-state index in [0.717, 1.165) is 0 Å². The molecule has 0 spiro atoms. The first-order chi connectivity index (χ1) is 13.6. The molecule has 5 nitrogen and oxygen atoms in total. The molecule has 1 N–H and O–H groups in total. The van der Waals surface area contributed by atoms with Crippen LogP contribution in [-0.2, 0) is 4.74 Å². The third kappa shape index (κ3) is 4.64. The third-order valence-corrected chi connectivity index (χ3v) is 4.27. The van der Waals surface area contributed by atoms with Crippen LogP contribution in [0, 0.1) is 0 Å². The van der Waals surface area contributed by atoms with Gasteiger partial charge in [-0.2, -0.15) is 0 Å². The number of carbonyl (C=O) groups excluding carboxylic acids is 3. The molecule has 0 heterocycles. The first-order valence-corrected chi connectivity index (χ1v) is 8.84. The van der Waals surface area contributed by atoms with Gasteiger partial charge >= 0.3 is 5.97 Å². The van der Waals surface area contributed by atoms with Gasteiger partial charge in [0.1, 0.15) is 0 Å². The number of hydrogen-bond acceptors (Lipinski definition) is 4. The number of hydrogen-bond donors (Lipinski definition) is 1. The molecule has 3 aromatic rings. The Hall–Kier alpha value is -3.44. The van der Waals surface area contributed by atoms with E-state index < -0.39 is 18.4 Å². The molecule has 0 aliphatic rings. The van der Waals surface area contributed by atoms with Gasteiger partial charge < -0.3 is 10.1 Å². The fourth-order valence-corrected chi connectivity index (χ4v) is 2.77. The zero-order chi connectivity index (χ0) is 19.9. The highest BCUT2D eigenvalue weighted by atomic mass is 35.5.